The number of rotatable bonds is 1. The molecule has 6 heteroatoms. The van der Waals surface area contributed by atoms with Crippen molar-refractivity contribution in [3.8, 4) is 11.5 Å². The van der Waals surface area contributed by atoms with Gasteiger partial charge < -0.3 is 4.42 Å². The molecule has 0 atom stereocenters. The maximum atomic E-state index is 5.96. The molecule has 0 radical (unpaired) electrons. The molecule has 0 unspecified atom stereocenters. The number of nitrogens with zero attached hydrogens (tertiary/aromatic N) is 1. The molecular formula is C8H4ClIN2OS. The van der Waals surface area contributed by atoms with Gasteiger partial charge in [-0.3, -0.25) is 0 Å². The molecule has 0 saturated carbocycles. The Morgan fingerprint density at radius 2 is 2.29 bits per heavy atom. The number of hydrogen-bond donors (Lipinski definition) is 1. The Balaban J connectivity index is 2.52. The van der Waals surface area contributed by atoms with Crippen molar-refractivity contribution in [2.45, 2.75) is 0 Å². The lowest BCUT2D eigenvalue weighted by Crippen LogP contribution is -1.80. The number of hydrogen-bond acceptors (Lipinski definition) is 3. The van der Waals surface area contributed by atoms with Crippen LogP contribution < -0.4 is 0 Å². The second-order valence-electron chi connectivity index (χ2n) is 2.55. The van der Waals surface area contributed by atoms with Crippen LogP contribution >= 0.6 is 46.4 Å². The standard InChI is InChI=1S/C8H4ClIN2OS/c9-5-3-4(1-2-6(5)10)7-11-12-8(14)13-7/h1-3H,(H,12,14). The van der Waals surface area contributed by atoms with Gasteiger partial charge in [-0.1, -0.05) is 11.6 Å². The fraction of sp³-hybridized carbons (Fsp3) is 0. The van der Waals surface area contributed by atoms with Gasteiger partial charge in [-0.05, 0) is 53.0 Å². The number of aromatic amines is 1. The zero-order valence-electron chi connectivity index (χ0n) is 6.75. The van der Waals surface area contributed by atoms with E-state index in [0.717, 1.165) is 9.13 Å². The largest absolute Gasteiger partial charge is 0.409 e. The summed E-state index contributed by atoms with van der Waals surface area (Å²) in [4.78, 5) is 0.259. The fourth-order valence-corrected chi connectivity index (χ4v) is 1.62. The van der Waals surface area contributed by atoms with Gasteiger partial charge in [-0.15, -0.1) is 5.10 Å². The second-order valence-corrected chi connectivity index (χ2v) is 4.49. The van der Waals surface area contributed by atoms with Gasteiger partial charge in [0.25, 0.3) is 4.84 Å². The van der Waals surface area contributed by atoms with E-state index in [1.807, 2.05) is 12.1 Å². The average Bonchev–Trinajstić information content (AvgIpc) is 2.57. The molecule has 0 saturated heterocycles. The van der Waals surface area contributed by atoms with E-state index in [1.165, 1.54) is 0 Å². The summed E-state index contributed by atoms with van der Waals surface area (Å²) < 4.78 is 6.14. The minimum atomic E-state index is 0.259. The zero-order chi connectivity index (χ0) is 10.1. The molecule has 1 aromatic heterocycles. The monoisotopic (exact) mass is 338 g/mol. The van der Waals surface area contributed by atoms with Gasteiger partial charge in [-0.25, -0.2) is 5.10 Å². The van der Waals surface area contributed by atoms with Crippen molar-refractivity contribution in [3.05, 3.63) is 31.6 Å². The van der Waals surface area contributed by atoms with Crippen LogP contribution in [0, 0.1) is 8.41 Å². The van der Waals surface area contributed by atoms with Crippen molar-refractivity contribution < 1.29 is 4.42 Å². The summed E-state index contributed by atoms with van der Waals surface area (Å²) in [5, 5.41) is 7.13. The molecule has 72 valence electrons. The minimum absolute atomic E-state index is 0.259. The van der Waals surface area contributed by atoms with Gasteiger partial charge in [0.05, 0.1) is 5.02 Å². The topological polar surface area (TPSA) is 41.8 Å². The van der Waals surface area contributed by atoms with Gasteiger partial charge in [0, 0.05) is 9.13 Å². The van der Waals surface area contributed by atoms with Crippen molar-refractivity contribution in [3.63, 3.8) is 0 Å². The molecule has 2 rings (SSSR count). The molecule has 1 heterocycles. The van der Waals surface area contributed by atoms with E-state index in [2.05, 4.69) is 32.8 Å². The Morgan fingerprint density at radius 3 is 2.86 bits per heavy atom. The first kappa shape index (κ1) is 10.1. The normalized spacial score (nSPS) is 10.4. The molecule has 1 N–H and O–H groups in total. The number of H-pyrrole nitrogens is 1. The number of benzene rings is 1. The maximum absolute atomic E-state index is 5.96. The van der Waals surface area contributed by atoms with Crippen molar-refractivity contribution in [2.24, 2.45) is 0 Å². The van der Waals surface area contributed by atoms with Gasteiger partial charge >= 0.3 is 0 Å². The van der Waals surface area contributed by atoms with Crippen molar-refractivity contribution >= 4 is 46.4 Å². The van der Waals surface area contributed by atoms with Gasteiger partial charge in [0.1, 0.15) is 0 Å². The van der Waals surface area contributed by atoms with E-state index in [1.54, 1.807) is 6.07 Å². The SMILES string of the molecule is S=c1[nH]nc(-c2ccc(I)c(Cl)c2)o1. The van der Waals surface area contributed by atoms with Gasteiger partial charge in [-0.2, -0.15) is 0 Å². The average molecular weight is 339 g/mol. The molecule has 0 amide bonds. The highest BCUT2D eigenvalue weighted by Gasteiger charge is 2.05. The predicted molar refractivity (Wildman–Crippen MR) is 64.9 cm³/mol. The number of aromatic nitrogens is 2. The van der Waals surface area contributed by atoms with E-state index < -0.39 is 0 Å². The molecule has 0 aliphatic rings. The van der Waals surface area contributed by atoms with Crippen molar-refractivity contribution in [1.82, 2.24) is 10.2 Å². The van der Waals surface area contributed by atoms with Crippen LogP contribution in [0.2, 0.25) is 5.02 Å². The molecule has 0 aliphatic heterocycles. The highest BCUT2D eigenvalue weighted by Crippen LogP contribution is 2.25. The Kier molecular flexibility index (Phi) is 2.89. The van der Waals surface area contributed by atoms with Gasteiger partial charge in [0.2, 0.25) is 5.89 Å². The molecule has 2 aromatic rings. The fourth-order valence-electron chi connectivity index (χ4n) is 0.982. The van der Waals surface area contributed by atoms with Crippen LogP contribution in [0.5, 0.6) is 0 Å². The summed E-state index contributed by atoms with van der Waals surface area (Å²) in [6.07, 6.45) is 0. The summed E-state index contributed by atoms with van der Waals surface area (Å²) in [6.45, 7) is 0. The molecule has 0 fully saturated rings. The summed E-state index contributed by atoms with van der Waals surface area (Å²) in [5.74, 6) is 0.452. The van der Waals surface area contributed by atoms with Crippen LogP contribution in [0.3, 0.4) is 0 Å². The Labute approximate surface area is 104 Å². The van der Waals surface area contributed by atoms with Gasteiger partial charge in [0.15, 0.2) is 0 Å². The Hall–Kier alpha value is -0.400. The van der Waals surface area contributed by atoms with Crippen LogP contribution in [0.1, 0.15) is 0 Å². The first-order chi connectivity index (χ1) is 6.66. The Morgan fingerprint density at radius 1 is 1.50 bits per heavy atom. The molecule has 14 heavy (non-hydrogen) atoms. The smallest absolute Gasteiger partial charge is 0.284 e. The highest BCUT2D eigenvalue weighted by atomic mass is 127. The predicted octanol–water partition coefficient (Wildman–Crippen LogP) is 3.66. The summed E-state index contributed by atoms with van der Waals surface area (Å²) in [7, 11) is 0. The summed E-state index contributed by atoms with van der Waals surface area (Å²) in [6, 6.07) is 5.56. The van der Waals surface area contributed by atoms with E-state index in [4.69, 9.17) is 28.2 Å². The first-order valence-corrected chi connectivity index (χ1v) is 5.54. The Bertz CT molecular complexity index is 522. The minimum Gasteiger partial charge on any atom is -0.409 e. The third kappa shape index (κ3) is 1.99. The van der Waals surface area contributed by atoms with Crippen LogP contribution in [0.25, 0.3) is 11.5 Å². The molecule has 0 spiro atoms. The van der Waals surface area contributed by atoms with Crippen LogP contribution in [0.15, 0.2) is 22.6 Å². The number of nitrogens with one attached hydrogen (secondary N) is 1. The lowest BCUT2D eigenvalue weighted by atomic mass is 10.2. The van der Waals surface area contributed by atoms with E-state index >= 15 is 0 Å². The molecular weight excluding hydrogens is 335 g/mol. The third-order valence-corrected chi connectivity index (χ3v) is 3.35. The van der Waals surface area contributed by atoms with Crippen LogP contribution in [-0.4, -0.2) is 10.2 Å². The maximum Gasteiger partial charge on any atom is 0.284 e. The van der Waals surface area contributed by atoms with Crippen molar-refractivity contribution in [2.75, 3.05) is 0 Å². The molecule has 0 bridgehead atoms. The first-order valence-electron chi connectivity index (χ1n) is 3.68. The van der Waals surface area contributed by atoms with E-state index in [0.29, 0.717) is 10.9 Å². The quantitative estimate of drug-likeness (QED) is 0.637. The summed E-state index contributed by atoms with van der Waals surface area (Å²) >= 11 is 12.9. The van der Waals surface area contributed by atoms with Crippen molar-refractivity contribution in [1.29, 1.82) is 0 Å². The third-order valence-electron chi connectivity index (χ3n) is 1.60. The summed E-state index contributed by atoms with van der Waals surface area (Å²) in [5.41, 5.74) is 0.808. The van der Waals surface area contributed by atoms with E-state index in [9.17, 15) is 0 Å². The molecule has 3 nitrogen and oxygen atoms in total. The van der Waals surface area contributed by atoms with Crippen LogP contribution in [0.4, 0.5) is 0 Å². The molecule has 0 aliphatic carbocycles. The van der Waals surface area contributed by atoms with Crippen LogP contribution in [-0.2, 0) is 0 Å². The number of halogens is 2. The lowest BCUT2D eigenvalue weighted by Gasteiger charge is -1.97. The highest BCUT2D eigenvalue weighted by molar-refractivity contribution is 14.1. The molecule has 1 aromatic carbocycles. The second kappa shape index (κ2) is 4.00. The van der Waals surface area contributed by atoms with E-state index in [-0.39, 0.29) is 4.84 Å². The lowest BCUT2D eigenvalue weighted by molar-refractivity contribution is 0.552. The zero-order valence-corrected chi connectivity index (χ0v) is 10.5.